The first-order valence-corrected chi connectivity index (χ1v) is 7.38. The van der Waals surface area contributed by atoms with Gasteiger partial charge in [-0.2, -0.15) is 0 Å². The van der Waals surface area contributed by atoms with E-state index in [0.29, 0.717) is 5.41 Å². The van der Waals surface area contributed by atoms with Gasteiger partial charge < -0.3 is 10.2 Å². The Morgan fingerprint density at radius 1 is 1.21 bits per heavy atom. The van der Waals surface area contributed by atoms with Crippen LogP contribution in [0.3, 0.4) is 0 Å². The van der Waals surface area contributed by atoms with Crippen molar-refractivity contribution in [2.24, 2.45) is 5.41 Å². The third-order valence-electron chi connectivity index (χ3n) is 4.19. The highest BCUT2D eigenvalue weighted by molar-refractivity contribution is 5.09. The first kappa shape index (κ1) is 16.1. The van der Waals surface area contributed by atoms with E-state index in [4.69, 9.17) is 0 Å². The first-order chi connectivity index (χ1) is 9.15. The molecule has 0 spiro atoms. The fourth-order valence-corrected chi connectivity index (χ4v) is 2.68. The van der Waals surface area contributed by atoms with Gasteiger partial charge in [0.1, 0.15) is 0 Å². The van der Waals surface area contributed by atoms with Gasteiger partial charge in [0, 0.05) is 32.0 Å². The van der Waals surface area contributed by atoms with Gasteiger partial charge in [-0.05, 0) is 56.5 Å². The molecule has 108 valence electrons. The Morgan fingerprint density at radius 3 is 2.37 bits per heavy atom. The molecule has 0 amide bonds. The van der Waals surface area contributed by atoms with Crippen molar-refractivity contribution < 1.29 is 0 Å². The summed E-state index contributed by atoms with van der Waals surface area (Å²) in [6.45, 7) is 7.97. The lowest BCUT2D eigenvalue weighted by Crippen LogP contribution is -2.42. The molecule has 3 nitrogen and oxygen atoms in total. The van der Waals surface area contributed by atoms with Crippen molar-refractivity contribution in [3.05, 3.63) is 30.1 Å². The Balaban J connectivity index is 2.46. The highest BCUT2D eigenvalue weighted by Crippen LogP contribution is 2.26. The van der Waals surface area contributed by atoms with Gasteiger partial charge in [0.15, 0.2) is 0 Å². The summed E-state index contributed by atoms with van der Waals surface area (Å²) in [6.07, 6.45) is 7.30. The summed E-state index contributed by atoms with van der Waals surface area (Å²) in [5.41, 5.74) is 1.77. The van der Waals surface area contributed by atoms with Crippen LogP contribution < -0.4 is 5.32 Å². The summed E-state index contributed by atoms with van der Waals surface area (Å²) in [7, 11) is 4.29. The maximum absolute atomic E-state index is 4.06. The summed E-state index contributed by atoms with van der Waals surface area (Å²) in [5, 5.41) is 3.35. The molecule has 0 radical (unpaired) electrons. The second-order valence-electron chi connectivity index (χ2n) is 5.58. The van der Waals surface area contributed by atoms with E-state index >= 15 is 0 Å². The van der Waals surface area contributed by atoms with Crippen LogP contribution in [0.25, 0.3) is 0 Å². The van der Waals surface area contributed by atoms with Crippen molar-refractivity contribution in [1.82, 2.24) is 15.2 Å². The summed E-state index contributed by atoms with van der Waals surface area (Å²) in [4.78, 5) is 6.52. The first-order valence-electron chi connectivity index (χ1n) is 7.38. The largest absolute Gasteiger partial charge is 0.319 e. The maximum Gasteiger partial charge on any atom is 0.0270 e. The Kier molecular flexibility index (Phi) is 7.03. The molecular formula is C16H29N3. The third-order valence-corrected chi connectivity index (χ3v) is 4.19. The van der Waals surface area contributed by atoms with Gasteiger partial charge in [0.05, 0.1) is 0 Å². The van der Waals surface area contributed by atoms with Gasteiger partial charge in [-0.1, -0.05) is 13.8 Å². The summed E-state index contributed by atoms with van der Waals surface area (Å²) >= 11 is 0. The fraction of sp³-hybridized carbons (Fsp3) is 0.688. The topological polar surface area (TPSA) is 28.2 Å². The van der Waals surface area contributed by atoms with Gasteiger partial charge in [-0.25, -0.2) is 0 Å². The van der Waals surface area contributed by atoms with Crippen LogP contribution in [0.1, 0.15) is 32.3 Å². The lowest BCUT2D eigenvalue weighted by Gasteiger charge is -2.35. The van der Waals surface area contributed by atoms with Gasteiger partial charge in [0.2, 0.25) is 0 Å². The minimum absolute atomic E-state index is 0.405. The zero-order valence-electron chi connectivity index (χ0n) is 12.9. The SMILES string of the molecule is CCC(CC)(CNC)CN(C)CCc1ccncc1. The molecule has 0 fully saturated rings. The van der Waals surface area contributed by atoms with Crippen molar-refractivity contribution >= 4 is 0 Å². The minimum Gasteiger partial charge on any atom is -0.319 e. The lowest BCUT2D eigenvalue weighted by atomic mass is 9.81. The summed E-state index contributed by atoms with van der Waals surface area (Å²) < 4.78 is 0. The van der Waals surface area contributed by atoms with Crippen molar-refractivity contribution in [2.45, 2.75) is 33.1 Å². The molecule has 3 heteroatoms. The van der Waals surface area contributed by atoms with Gasteiger partial charge in [-0.3, -0.25) is 4.98 Å². The number of nitrogens with one attached hydrogen (secondary N) is 1. The van der Waals surface area contributed by atoms with Crippen LogP contribution in [0.4, 0.5) is 0 Å². The molecule has 0 aliphatic carbocycles. The molecule has 0 saturated carbocycles. The van der Waals surface area contributed by atoms with Gasteiger partial charge in [-0.15, -0.1) is 0 Å². The molecule has 1 aromatic rings. The monoisotopic (exact) mass is 263 g/mol. The zero-order valence-corrected chi connectivity index (χ0v) is 12.9. The van der Waals surface area contributed by atoms with Crippen LogP contribution in [0, 0.1) is 5.41 Å². The summed E-state index contributed by atoms with van der Waals surface area (Å²) in [6, 6.07) is 4.21. The normalized spacial score (nSPS) is 12.1. The highest BCUT2D eigenvalue weighted by atomic mass is 15.1. The van der Waals surface area contributed by atoms with Crippen LogP contribution in [0.15, 0.2) is 24.5 Å². The molecule has 19 heavy (non-hydrogen) atoms. The van der Waals surface area contributed by atoms with E-state index in [9.17, 15) is 0 Å². The molecule has 0 bridgehead atoms. The zero-order chi connectivity index (χ0) is 14.1. The Morgan fingerprint density at radius 2 is 1.84 bits per heavy atom. The van der Waals surface area contributed by atoms with E-state index in [1.807, 2.05) is 12.4 Å². The number of hydrogen-bond donors (Lipinski definition) is 1. The maximum atomic E-state index is 4.06. The van der Waals surface area contributed by atoms with Crippen molar-refractivity contribution in [3.8, 4) is 0 Å². The van der Waals surface area contributed by atoms with E-state index in [2.05, 4.69) is 55.3 Å². The van der Waals surface area contributed by atoms with Crippen molar-refractivity contribution in [1.29, 1.82) is 0 Å². The van der Waals surface area contributed by atoms with E-state index in [1.165, 1.54) is 18.4 Å². The molecule has 0 aliphatic heterocycles. The average Bonchev–Trinajstić information content (AvgIpc) is 2.45. The Labute approximate surface area is 118 Å². The predicted molar refractivity (Wildman–Crippen MR) is 82.4 cm³/mol. The molecular weight excluding hydrogens is 234 g/mol. The van der Waals surface area contributed by atoms with E-state index in [-0.39, 0.29) is 0 Å². The highest BCUT2D eigenvalue weighted by Gasteiger charge is 2.26. The molecule has 0 unspecified atom stereocenters. The number of pyridine rings is 1. The standard InChI is InChI=1S/C16H29N3/c1-5-16(6-2,13-17-3)14-19(4)12-9-15-7-10-18-11-8-15/h7-8,10-11,17H,5-6,9,12-14H2,1-4H3. The Bertz CT molecular complexity index is 333. The van der Waals surface area contributed by atoms with Gasteiger partial charge >= 0.3 is 0 Å². The second-order valence-corrected chi connectivity index (χ2v) is 5.58. The molecule has 1 aromatic heterocycles. The second kappa shape index (κ2) is 8.28. The molecule has 0 aliphatic rings. The number of nitrogens with zero attached hydrogens (tertiary/aromatic N) is 2. The molecule has 0 saturated heterocycles. The number of rotatable bonds is 9. The lowest BCUT2D eigenvalue weighted by molar-refractivity contribution is 0.159. The van der Waals surface area contributed by atoms with Crippen LogP contribution in [0.2, 0.25) is 0 Å². The third kappa shape index (κ3) is 5.29. The average molecular weight is 263 g/mol. The minimum atomic E-state index is 0.405. The van der Waals surface area contributed by atoms with E-state index in [1.54, 1.807) is 0 Å². The number of aromatic nitrogens is 1. The molecule has 1 heterocycles. The van der Waals surface area contributed by atoms with Crippen LogP contribution in [0.5, 0.6) is 0 Å². The van der Waals surface area contributed by atoms with Crippen LogP contribution in [-0.2, 0) is 6.42 Å². The quantitative estimate of drug-likeness (QED) is 0.742. The molecule has 1 rings (SSSR count). The van der Waals surface area contributed by atoms with E-state index in [0.717, 1.165) is 26.1 Å². The predicted octanol–water partition coefficient (Wildman–Crippen LogP) is 2.58. The molecule has 0 aromatic carbocycles. The van der Waals surface area contributed by atoms with Crippen molar-refractivity contribution in [2.75, 3.05) is 33.7 Å². The fourth-order valence-electron chi connectivity index (χ4n) is 2.68. The smallest absolute Gasteiger partial charge is 0.0270 e. The summed E-state index contributed by atoms with van der Waals surface area (Å²) in [5.74, 6) is 0. The van der Waals surface area contributed by atoms with E-state index < -0.39 is 0 Å². The van der Waals surface area contributed by atoms with Gasteiger partial charge in [0.25, 0.3) is 0 Å². The Hall–Kier alpha value is -0.930. The number of likely N-dealkylation sites (N-methyl/N-ethyl adjacent to an activating group) is 1. The molecule has 1 N–H and O–H groups in total. The number of hydrogen-bond acceptors (Lipinski definition) is 3. The van der Waals surface area contributed by atoms with Crippen LogP contribution >= 0.6 is 0 Å². The molecule has 0 atom stereocenters. The van der Waals surface area contributed by atoms with Crippen LogP contribution in [-0.4, -0.2) is 43.6 Å². The van der Waals surface area contributed by atoms with Crippen molar-refractivity contribution in [3.63, 3.8) is 0 Å².